The first kappa shape index (κ1) is 51.0. The molecule has 368 valence electrons. The first-order valence-electron chi connectivity index (χ1n) is 23.3. The van der Waals surface area contributed by atoms with E-state index in [1.54, 1.807) is 23.7 Å². The standard InChI is InChI=1S/C51H63N7O10S/c1-33(35-6-8-36(9-7-35)47-34(2)54-32-69-47)55-49(61)44-27-39(59)30-58(44)50(62)48(51(3,4)5)57-45(60)31-67-23-22-65-19-18-63-16-17-64-20-21-66-24-25-68-46-13-11-38(28-53-46)37-10-12-40-41-29-52-15-14-42(41)56-43(40)26-37/h6-15,26,28-29,32-33,39,44,48,56,59H,16-25,27,30-31H2,1-5H3,(H,55,61)(H,57,60)/t33-,39+,44-,48+/m0/s1. The number of aliphatic hydroxyl groups is 1. The number of β-amino-alcohol motifs (C(OH)–C–C–N with tert-alkyl or cyclic N) is 1. The van der Waals surface area contributed by atoms with Crippen LogP contribution in [0, 0.1) is 12.3 Å². The van der Waals surface area contributed by atoms with Crippen molar-refractivity contribution in [2.24, 2.45) is 5.41 Å². The van der Waals surface area contributed by atoms with Crippen LogP contribution in [-0.4, -0.2) is 145 Å². The number of ether oxygens (including phenoxy) is 6. The Bertz CT molecular complexity index is 2600. The van der Waals surface area contributed by atoms with Crippen LogP contribution < -0.4 is 15.4 Å². The smallest absolute Gasteiger partial charge is 0.246 e. The quantitative estimate of drug-likeness (QED) is 0.0483. The summed E-state index contributed by atoms with van der Waals surface area (Å²) in [6, 6.07) is 17.8. The van der Waals surface area contributed by atoms with Crippen molar-refractivity contribution in [3.05, 3.63) is 96.0 Å². The predicted octanol–water partition coefficient (Wildman–Crippen LogP) is 6.04. The second-order valence-corrected chi connectivity index (χ2v) is 18.8. The highest BCUT2D eigenvalue weighted by Crippen LogP contribution is 2.31. The summed E-state index contributed by atoms with van der Waals surface area (Å²) in [5.74, 6) is -0.771. The van der Waals surface area contributed by atoms with Crippen molar-refractivity contribution in [3.8, 4) is 27.4 Å². The summed E-state index contributed by atoms with van der Waals surface area (Å²) in [5, 5.41) is 18.6. The van der Waals surface area contributed by atoms with Gasteiger partial charge in [-0.15, -0.1) is 11.3 Å². The summed E-state index contributed by atoms with van der Waals surface area (Å²) in [6.07, 6.45) is 4.67. The van der Waals surface area contributed by atoms with Crippen LogP contribution >= 0.6 is 11.3 Å². The third-order valence-corrected chi connectivity index (χ3v) is 12.7. The fourth-order valence-corrected chi connectivity index (χ4v) is 8.84. The topological polar surface area (TPSA) is 209 Å². The molecule has 0 spiro atoms. The first-order chi connectivity index (χ1) is 33.4. The molecule has 3 amide bonds. The summed E-state index contributed by atoms with van der Waals surface area (Å²) < 4.78 is 33.6. The van der Waals surface area contributed by atoms with Gasteiger partial charge in [-0.05, 0) is 54.2 Å². The largest absolute Gasteiger partial charge is 0.475 e. The zero-order chi connectivity index (χ0) is 48.8. The lowest BCUT2D eigenvalue weighted by Crippen LogP contribution is -2.58. The minimum Gasteiger partial charge on any atom is -0.475 e. The molecule has 1 aliphatic rings. The Balaban J connectivity index is 0.697. The lowest BCUT2D eigenvalue weighted by Gasteiger charge is -2.35. The van der Waals surface area contributed by atoms with Crippen molar-refractivity contribution in [3.63, 3.8) is 0 Å². The van der Waals surface area contributed by atoms with Gasteiger partial charge in [-0.3, -0.25) is 19.4 Å². The molecule has 4 aromatic heterocycles. The van der Waals surface area contributed by atoms with Gasteiger partial charge in [0.15, 0.2) is 0 Å². The number of thiazole rings is 1. The molecule has 69 heavy (non-hydrogen) atoms. The number of aromatic amines is 1. The molecular weight excluding hydrogens is 903 g/mol. The van der Waals surface area contributed by atoms with E-state index in [4.69, 9.17) is 28.4 Å². The third-order valence-electron chi connectivity index (χ3n) is 11.7. The number of aliphatic hydroxyl groups excluding tert-OH is 1. The molecule has 4 N–H and O–H groups in total. The van der Waals surface area contributed by atoms with Crippen molar-refractivity contribution >= 4 is 50.9 Å². The van der Waals surface area contributed by atoms with E-state index in [1.165, 1.54) is 4.90 Å². The molecule has 0 radical (unpaired) electrons. The summed E-state index contributed by atoms with van der Waals surface area (Å²) in [5.41, 5.74) is 8.18. The number of H-pyrrole nitrogens is 1. The first-order valence-corrected chi connectivity index (χ1v) is 24.2. The van der Waals surface area contributed by atoms with Crippen molar-refractivity contribution in [2.45, 2.75) is 65.3 Å². The van der Waals surface area contributed by atoms with Gasteiger partial charge in [0.05, 0.1) is 87.7 Å². The number of rotatable bonds is 25. The molecule has 2 aromatic carbocycles. The van der Waals surface area contributed by atoms with E-state index in [0.717, 1.165) is 54.6 Å². The Kier molecular flexibility index (Phi) is 18.2. The monoisotopic (exact) mass is 965 g/mol. The number of aromatic nitrogens is 4. The molecule has 0 saturated carbocycles. The summed E-state index contributed by atoms with van der Waals surface area (Å²) in [7, 11) is 0. The highest BCUT2D eigenvalue weighted by molar-refractivity contribution is 7.13. The van der Waals surface area contributed by atoms with E-state index in [1.807, 2.05) is 88.8 Å². The Morgan fingerprint density at radius 1 is 0.783 bits per heavy atom. The Labute approximate surface area is 406 Å². The number of likely N-dealkylation sites (tertiary alicyclic amines) is 1. The van der Waals surface area contributed by atoms with Crippen molar-refractivity contribution in [2.75, 3.05) is 79.2 Å². The minimum absolute atomic E-state index is 0.0191. The molecule has 4 atom stereocenters. The molecule has 1 fully saturated rings. The van der Waals surface area contributed by atoms with Crippen LogP contribution in [0.1, 0.15) is 51.4 Å². The minimum atomic E-state index is -0.967. The van der Waals surface area contributed by atoms with E-state index in [0.29, 0.717) is 58.7 Å². The number of fused-ring (bicyclic) bond motifs is 3. The van der Waals surface area contributed by atoms with Crippen molar-refractivity contribution < 1.29 is 47.9 Å². The van der Waals surface area contributed by atoms with Gasteiger partial charge in [0.25, 0.3) is 0 Å². The van der Waals surface area contributed by atoms with Crippen LogP contribution in [0.5, 0.6) is 5.88 Å². The van der Waals surface area contributed by atoms with Crippen molar-refractivity contribution in [1.29, 1.82) is 0 Å². The third kappa shape index (κ3) is 14.1. The van der Waals surface area contributed by atoms with Gasteiger partial charge in [0.1, 0.15) is 25.3 Å². The fourth-order valence-electron chi connectivity index (χ4n) is 8.03. The zero-order valence-electron chi connectivity index (χ0n) is 39.9. The van der Waals surface area contributed by atoms with E-state index in [2.05, 4.69) is 48.8 Å². The number of benzene rings is 2. The van der Waals surface area contributed by atoms with E-state index in [-0.39, 0.29) is 44.7 Å². The van der Waals surface area contributed by atoms with Crippen LogP contribution in [0.2, 0.25) is 0 Å². The van der Waals surface area contributed by atoms with Gasteiger partial charge in [-0.25, -0.2) is 9.97 Å². The number of aryl methyl sites for hydroxylation is 1. The number of pyridine rings is 2. The predicted molar refractivity (Wildman–Crippen MR) is 263 cm³/mol. The molecule has 0 aliphatic carbocycles. The molecule has 0 unspecified atom stereocenters. The second-order valence-electron chi connectivity index (χ2n) is 17.9. The molecule has 7 rings (SSSR count). The van der Waals surface area contributed by atoms with Crippen molar-refractivity contribution in [1.82, 2.24) is 35.5 Å². The van der Waals surface area contributed by atoms with Gasteiger partial charge < -0.3 is 54.0 Å². The molecule has 6 aromatic rings. The SMILES string of the molecule is Cc1ncsc1-c1ccc([C@H](C)NC(=O)[C@@H]2C[C@@H](O)CN2C(=O)[C@@H](NC(=O)COCCOCCOCCOCCOCCOc2ccc(-c3ccc4c(c3)[nH]c3ccncc34)cn2)C(C)(C)C)cc1. The Morgan fingerprint density at radius 2 is 1.43 bits per heavy atom. The average molecular weight is 966 g/mol. The maximum absolute atomic E-state index is 14.0. The number of hydrogen-bond acceptors (Lipinski definition) is 14. The van der Waals surface area contributed by atoms with E-state index >= 15 is 0 Å². The highest BCUT2D eigenvalue weighted by Gasteiger charge is 2.44. The molecule has 18 heteroatoms. The van der Waals surface area contributed by atoms with E-state index in [9.17, 15) is 19.5 Å². The summed E-state index contributed by atoms with van der Waals surface area (Å²) >= 11 is 1.57. The number of amides is 3. The number of nitrogens with zero attached hydrogens (tertiary/aromatic N) is 4. The molecule has 0 bridgehead atoms. The maximum Gasteiger partial charge on any atom is 0.246 e. The molecule has 1 saturated heterocycles. The van der Waals surface area contributed by atoms with Gasteiger partial charge in [0, 0.05) is 65.0 Å². The zero-order valence-corrected chi connectivity index (χ0v) is 40.7. The normalized spacial score (nSPS) is 15.9. The fraction of sp³-hybridized carbons (Fsp3) is 0.451. The van der Waals surface area contributed by atoms with Crippen LogP contribution in [0.4, 0.5) is 0 Å². The highest BCUT2D eigenvalue weighted by atomic mass is 32.1. The molecular formula is C51H63N7O10S. The van der Waals surface area contributed by atoms with Gasteiger partial charge >= 0.3 is 0 Å². The summed E-state index contributed by atoms with van der Waals surface area (Å²) in [4.78, 5) is 59.5. The van der Waals surface area contributed by atoms with Crippen LogP contribution in [0.25, 0.3) is 43.4 Å². The lowest BCUT2D eigenvalue weighted by molar-refractivity contribution is -0.144. The number of nitrogens with one attached hydrogen (secondary N) is 3. The van der Waals surface area contributed by atoms with Gasteiger partial charge in [0.2, 0.25) is 23.6 Å². The Morgan fingerprint density at radius 3 is 2.07 bits per heavy atom. The van der Waals surface area contributed by atoms with Crippen LogP contribution in [-0.2, 0) is 38.1 Å². The Hall–Kier alpha value is -5.86. The van der Waals surface area contributed by atoms with Gasteiger partial charge in [-0.2, -0.15) is 0 Å². The summed E-state index contributed by atoms with van der Waals surface area (Å²) in [6.45, 7) is 12.6. The number of carbonyl (C=O) groups excluding carboxylic acids is 3. The molecule has 5 heterocycles. The molecule has 17 nitrogen and oxygen atoms in total. The molecule has 1 aliphatic heterocycles. The average Bonchev–Trinajstić information content (AvgIpc) is 4.07. The maximum atomic E-state index is 14.0. The van der Waals surface area contributed by atoms with Crippen LogP contribution in [0.15, 0.2) is 84.8 Å². The lowest BCUT2D eigenvalue weighted by atomic mass is 9.85. The number of carbonyl (C=O) groups is 3. The van der Waals surface area contributed by atoms with E-state index < -0.39 is 35.4 Å². The van der Waals surface area contributed by atoms with Gasteiger partial charge in [-0.1, -0.05) is 57.2 Å². The number of hydrogen-bond donors (Lipinski definition) is 4. The van der Waals surface area contributed by atoms with Crippen LogP contribution in [0.3, 0.4) is 0 Å². The second kappa shape index (κ2) is 24.6.